The van der Waals surface area contributed by atoms with E-state index < -0.39 is 23.9 Å². The van der Waals surface area contributed by atoms with Crippen molar-refractivity contribution >= 4 is 29.4 Å². The van der Waals surface area contributed by atoms with Crippen LogP contribution < -0.4 is 10.6 Å². The number of urea groups is 1. The number of ether oxygens (including phenoxy) is 1. The van der Waals surface area contributed by atoms with E-state index in [9.17, 15) is 19.2 Å². The average molecular weight is 419 g/mol. The topological polar surface area (TPSA) is 105 Å². The first-order valence-corrected chi connectivity index (χ1v) is 9.79. The van der Waals surface area contributed by atoms with Crippen LogP contribution in [0.25, 0.3) is 0 Å². The first-order chi connectivity index (χ1) is 14.8. The van der Waals surface area contributed by atoms with Crippen LogP contribution >= 0.6 is 0 Å². The zero-order valence-electron chi connectivity index (χ0n) is 17.1. The van der Waals surface area contributed by atoms with Crippen LogP contribution in [0.3, 0.4) is 0 Å². The van der Waals surface area contributed by atoms with Gasteiger partial charge in [0.1, 0.15) is 13.2 Å². The molecule has 0 aliphatic carbocycles. The van der Waals surface area contributed by atoms with Crippen molar-refractivity contribution in [1.29, 1.82) is 0 Å². The number of hydrogen-bond acceptors (Lipinski definition) is 5. The van der Waals surface area contributed by atoms with E-state index >= 15 is 0 Å². The lowest BCUT2D eigenvalue weighted by Crippen LogP contribution is -2.49. The predicted molar refractivity (Wildman–Crippen MR) is 112 cm³/mol. The van der Waals surface area contributed by atoms with Crippen molar-refractivity contribution in [2.24, 2.45) is 0 Å². The molecule has 0 bridgehead atoms. The summed E-state index contributed by atoms with van der Waals surface area (Å²) in [6, 6.07) is 12.9. The van der Waals surface area contributed by atoms with Crippen LogP contribution in [0.4, 0.5) is 10.5 Å². The molecule has 0 saturated heterocycles. The van der Waals surface area contributed by atoms with E-state index in [-0.39, 0.29) is 18.9 Å². The number of amides is 3. The number of carbonyl (C=O) groups excluding carboxylic acids is 4. The number of cyclic esters (lactones) is 1. The number of esters is 1. The molecule has 2 aliphatic rings. The van der Waals surface area contributed by atoms with Crippen molar-refractivity contribution in [3.63, 3.8) is 0 Å². The van der Waals surface area contributed by atoms with Crippen molar-refractivity contribution in [2.75, 3.05) is 18.5 Å². The first kappa shape index (κ1) is 20.3. The van der Waals surface area contributed by atoms with Gasteiger partial charge in [-0.15, -0.1) is 0 Å². The van der Waals surface area contributed by atoms with Crippen LogP contribution in [0.1, 0.15) is 34.5 Å². The molecule has 2 N–H and O–H groups in total. The average Bonchev–Trinajstić information content (AvgIpc) is 3.12. The Bertz CT molecular complexity index is 1120. The number of rotatable bonds is 5. The number of benzene rings is 2. The Labute approximate surface area is 178 Å². The fourth-order valence-corrected chi connectivity index (χ4v) is 3.65. The molecule has 0 spiro atoms. The number of hydrogen-bond donors (Lipinski definition) is 2. The molecule has 1 atom stereocenters. The van der Waals surface area contributed by atoms with Gasteiger partial charge in [0.25, 0.3) is 0 Å². The highest BCUT2D eigenvalue weighted by atomic mass is 16.5. The zero-order chi connectivity index (χ0) is 22.1. The molecule has 31 heavy (non-hydrogen) atoms. The van der Waals surface area contributed by atoms with Crippen molar-refractivity contribution in [3.8, 4) is 0 Å². The highest BCUT2D eigenvalue weighted by Crippen LogP contribution is 2.35. The summed E-state index contributed by atoms with van der Waals surface area (Å²) in [6.07, 6.45) is 0. The molecule has 0 fully saturated rings. The minimum absolute atomic E-state index is 0.0724. The molecule has 4 rings (SSSR count). The highest BCUT2D eigenvalue weighted by molar-refractivity contribution is 6.01. The SMILES string of the molecule is CC(=O)c1cccc(NC(=O)CN2C(=O)N[C@@H](c3ccc(C)cc3)C3=C2COC3=O)c1. The summed E-state index contributed by atoms with van der Waals surface area (Å²) in [6.45, 7) is 3.02. The minimum Gasteiger partial charge on any atom is -0.456 e. The van der Waals surface area contributed by atoms with E-state index in [1.54, 1.807) is 24.3 Å². The normalized spacial score (nSPS) is 17.7. The van der Waals surface area contributed by atoms with E-state index in [1.165, 1.54) is 11.8 Å². The molecule has 2 heterocycles. The van der Waals surface area contributed by atoms with Crippen LogP contribution in [-0.2, 0) is 14.3 Å². The van der Waals surface area contributed by atoms with Gasteiger partial charge < -0.3 is 15.4 Å². The smallest absolute Gasteiger partial charge is 0.338 e. The van der Waals surface area contributed by atoms with Crippen LogP contribution in [0.5, 0.6) is 0 Å². The Balaban J connectivity index is 1.57. The molecule has 0 aromatic heterocycles. The number of ketones is 1. The lowest BCUT2D eigenvalue weighted by molar-refractivity contribution is -0.136. The van der Waals surface area contributed by atoms with Gasteiger partial charge in [-0.3, -0.25) is 14.5 Å². The Morgan fingerprint density at radius 1 is 1.16 bits per heavy atom. The third-order valence-corrected chi connectivity index (χ3v) is 5.26. The van der Waals surface area contributed by atoms with Crippen LogP contribution in [-0.4, -0.2) is 41.7 Å². The number of Topliss-reactive ketones (excluding diaryl/α,β-unsaturated/α-hetero) is 1. The van der Waals surface area contributed by atoms with Gasteiger partial charge in [0.2, 0.25) is 5.91 Å². The largest absolute Gasteiger partial charge is 0.456 e. The molecular formula is C23H21N3O5. The summed E-state index contributed by atoms with van der Waals surface area (Å²) >= 11 is 0. The second-order valence-corrected chi connectivity index (χ2v) is 7.50. The maximum Gasteiger partial charge on any atom is 0.338 e. The first-order valence-electron chi connectivity index (χ1n) is 9.79. The Hall–Kier alpha value is -3.94. The number of aryl methyl sites for hydroxylation is 1. The number of nitrogens with one attached hydrogen (secondary N) is 2. The van der Waals surface area contributed by atoms with Gasteiger partial charge in [0.05, 0.1) is 17.3 Å². The predicted octanol–water partition coefficient (Wildman–Crippen LogP) is 2.71. The lowest BCUT2D eigenvalue weighted by atomic mass is 9.95. The van der Waals surface area contributed by atoms with E-state index in [4.69, 9.17) is 4.74 Å². The maximum absolute atomic E-state index is 12.8. The van der Waals surface area contributed by atoms with E-state index in [1.807, 2.05) is 31.2 Å². The second-order valence-electron chi connectivity index (χ2n) is 7.50. The molecule has 2 aromatic rings. The van der Waals surface area contributed by atoms with Crippen LogP contribution in [0.2, 0.25) is 0 Å². The molecule has 3 amide bonds. The van der Waals surface area contributed by atoms with Crippen molar-refractivity contribution in [2.45, 2.75) is 19.9 Å². The zero-order valence-corrected chi connectivity index (χ0v) is 17.1. The monoisotopic (exact) mass is 419 g/mol. The Kier molecular flexibility index (Phi) is 5.29. The van der Waals surface area contributed by atoms with Gasteiger partial charge >= 0.3 is 12.0 Å². The quantitative estimate of drug-likeness (QED) is 0.573. The van der Waals surface area contributed by atoms with Gasteiger partial charge in [0, 0.05) is 11.3 Å². The van der Waals surface area contributed by atoms with E-state index in [2.05, 4.69) is 10.6 Å². The van der Waals surface area contributed by atoms with Gasteiger partial charge in [-0.2, -0.15) is 0 Å². The summed E-state index contributed by atoms with van der Waals surface area (Å²) in [7, 11) is 0. The summed E-state index contributed by atoms with van der Waals surface area (Å²) in [5.41, 5.74) is 3.44. The van der Waals surface area contributed by atoms with E-state index in [0.717, 1.165) is 11.1 Å². The number of anilines is 1. The van der Waals surface area contributed by atoms with Crippen molar-refractivity contribution in [1.82, 2.24) is 10.2 Å². The molecule has 0 unspecified atom stereocenters. The summed E-state index contributed by atoms with van der Waals surface area (Å²) in [5, 5.41) is 5.49. The van der Waals surface area contributed by atoms with Crippen LogP contribution in [0.15, 0.2) is 59.8 Å². The fourth-order valence-electron chi connectivity index (χ4n) is 3.65. The van der Waals surface area contributed by atoms with E-state index in [0.29, 0.717) is 22.5 Å². The summed E-state index contributed by atoms with van der Waals surface area (Å²) in [5.74, 6) is -1.10. The van der Waals surface area contributed by atoms with Crippen molar-refractivity contribution in [3.05, 3.63) is 76.5 Å². The molecule has 2 aromatic carbocycles. The van der Waals surface area contributed by atoms with Crippen LogP contribution in [0, 0.1) is 6.92 Å². The molecule has 0 saturated carbocycles. The fraction of sp³-hybridized carbons (Fsp3) is 0.217. The van der Waals surface area contributed by atoms with Gasteiger partial charge in [-0.05, 0) is 31.5 Å². The van der Waals surface area contributed by atoms with Gasteiger partial charge in [-0.25, -0.2) is 9.59 Å². The summed E-state index contributed by atoms with van der Waals surface area (Å²) < 4.78 is 5.18. The number of carbonyl (C=O) groups is 4. The second kappa shape index (κ2) is 8.06. The summed E-state index contributed by atoms with van der Waals surface area (Å²) in [4.78, 5) is 50.6. The third kappa shape index (κ3) is 4.05. The van der Waals surface area contributed by atoms with Gasteiger partial charge in [0.15, 0.2) is 5.78 Å². The standard InChI is InChI=1S/C23H21N3O5/c1-13-6-8-15(9-7-13)21-20-18(12-31-22(20)29)26(23(30)25-21)11-19(28)24-17-5-3-4-16(10-17)14(2)27/h3-10,21H,11-12H2,1-2H3,(H,24,28)(H,25,30)/t21-/m0/s1. The lowest BCUT2D eigenvalue weighted by Gasteiger charge is -2.32. The molecule has 8 heteroatoms. The molecule has 8 nitrogen and oxygen atoms in total. The third-order valence-electron chi connectivity index (χ3n) is 5.26. The maximum atomic E-state index is 12.8. The molecule has 2 aliphatic heterocycles. The molecular weight excluding hydrogens is 398 g/mol. The Morgan fingerprint density at radius 2 is 1.90 bits per heavy atom. The highest BCUT2D eigenvalue weighted by Gasteiger charge is 2.42. The molecule has 0 radical (unpaired) electrons. The minimum atomic E-state index is -0.635. The van der Waals surface area contributed by atoms with Crippen molar-refractivity contribution < 1.29 is 23.9 Å². The van der Waals surface area contributed by atoms with Gasteiger partial charge in [-0.1, -0.05) is 42.0 Å². The molecule has 158 valence electrons. The Morgan fingerprint density at radius 3 is 2.61 bits per heavy atom. The number of nitrogens with zero attached hydrogens (tertiary/aromatic N) is 1.